The van der Waals surface area contributed by atoms with E-state index in [9.17, 15) is 22.8 Å². The number of nitrogens with zero attached hydrogens (tertiary/aromatic N) is 2. The zero-order valence-corrected chi connectivity index (χ0v) is 17.3. The minimum absolute atomic E-state index is 0.0214. The van der Waals surface area contributed by atoms with Crippen molar-refractivity contribution in [1.29, 1.82) is 0 Å². The van der Waals surface area contributed by atoms with Crippen LogP contribution in [0, 0.1) is 5.41 Å². The second kappa shape index (κ2) is 7.39. The van der Waals surface area contributed by atoms with Gasteiger partial charge in [0, 0.05) is 59.8 Å². The van der Waals surface area contributed by atoms with E-state index in [0.717, 1.165) is 23.0 Å². The van der Waals surface area contributed by atoms with E-state index >= 15 is 0 Å². The number of hydrogen-bond acceptors (Lipinski definition) is 2. The first-order chi connectivity index (χ1) is 15.2. The Morgan fingerprint density at radius 3 is 2.41 bits per heavy atom. The van der Waals surface area contributed by atoms with Gasteiger partial charge in [0.2, 0.25) is 5.91 Å². The monoisotopic (exact) mass is 441 g/mol. The maximum Gasteiger partial charge on any atom is 0.416 e. The minimum atomic E-state index is -4.40. The van der Waals surface area contributed by atoms with Gasteiger partial charge in [-0.05, 0) is 61.4 Å². The lowest BCUT2D eigenvalue weighted by atomic mass is 9.77. The van der Waals surface area contributed by atoms with Crippen LogP contribution in [0.1, 0.15) is 35.2 Å². The Labute approximate surface area is 182 Å². The van der Waals surface area contributed by atoms with E-state index in [2.05, 4.69) is 4.98 Å². The minimum Gasteiger partial charge on any atom is -0.361 e. The predicted molar refractivity (Wildman–Crippen MR) is 114 cm³/mol. The Bertz CT molecular complexity index is 1180. The third-order valence-corrected chi connectivity index (χ3v) is 6.74. The number of fused-ring (bicyclic) bond motifs is 1. The SMILES string of the molecule is O=C(c1ccc2[nH]ccc2c1)N1CCC2(CC1)CC(=O)N(c1ccc(C(F)(F)F)cc1)C2. The molecule has 5 nitrogen and oxygen atoms in total. The van der Waals surface area contributed by atoms with Crippen LogP contribution in [-0.2, 0) is 11.0 Å². The molecule has 166 valence electrons. The van der Waals surface area contributed by atoms with Crippen molar-refractivity contribution in [2.75, 3.05) is 24.5 Å². The lowest BCUT2D eigenvalue weighted by Crippen LogP contribution is -2.44. The molecule has 8 heteroatoms. The van der Waals surface area contributed by atoms with Crippen molar-refractivity contribution in [3.05, 3.63) is 65.9 Å². The van der Waals surface area contributed by atoms with E-state index in [4.69, 9.17) is 0 Å². The lowest BCUT2D eigenvalue weighted by molar-refractivity contribution is -0.137. The van der Waals surface area contributed by atoms with Gasteiger partial charge in [0.25, 0.3) is 5.91 Å². The molecule has 0 saturated carbocycles. The summed E-state index contributed by atoms with van der Waals surface area (Å²) in [6, 6.07) is 12.3. The van der Waals surface area contributed by atoms with E-state index < -0.39 is 11.7 Å². The summed E-state index contributed by atoms with van der Waals surface area (Å²) in [5.74, 6) is -0.102. The van der Waals surface area contributed by atoms with Gasteiger partial charge in [0.05, 0.1) is 5.56 Å². The number of hydrogen-bond donors (Lipinski definition) is 1. The standard InChI is InChI=1S/C24H22F3N3O2/c25-24(26,27)18-2-4-19(5-3-18)30-15-23(14-21(30)31)8-11-29(12-9-23)22(32)17-1-6-20-16(13-17)7-10-28-20/h1-7,10,13,28H,8-9,11-12,14-15H2. The summed E-state index contributed by atoms with van der Waals surface area (Å²) in [5, 5.41) is 0.984. The molecule has 0 atom stereocenters. The number of aromatic nitrogens is 1. The van der Waals surface area contributed by atoms with Crippen molar-refractivity contribution in [3.8, 4) is 0 Å². The smallest absolute Gasteiger partial charge is 0.361 e. The fourth-order valence-corrected chi connectivity index (χ4v) is 4.85. The van der Waals surface area contributed by atoms with Crippen LogP contribution in [0.25, 0.3) is 10.9 Å². The van der Waals surface area contributed by atoms with Gasteiger partial charge in [0.15, 0.2) is 0 Å². The largest absolute Gasteiger partial charge is 0.416 e. The summed E-state index contributed by atoms with van der Waals surface area (Å²) in [5.41, 5.74) is 1.13. The Kier molecular flexibility index (Phi) is 4.76. The molecule has 2 amide bonds. The molecule has 0 unspecified atom stereocenters. The predicted octanol–water partition coefficient (Wildman–Crippen LogP) is 4.85. The van der Waals surface area contributed by atoms with E-state index in [-0.39, 0.29) is 17.2 Å². The molecular formula is C24H22F3N3O2. The Morgan fingerprint density at radius 2 is 1.72 bits per heavy atom. The first-order valence-corrected chi connectivity index (χ1v) is 10.6. The Hall–Kier alpha value is -3.29. The van der Waals surface area contributed by atoms with E-state index in [1.807, 2.05) is 35.4 Å². The number of carbonyl (C=O) groups excluding carboxylic acids is 2. The molecule has 2 aromatic carbocycles. The maximum atomic E-state index is 13.0. The zero-order valence-electron chi connectivity index (χ0n) is 17.3. The molecule has 3 aromatic rings. The molecule has 2 fully saturated rings. The number of rotatable bonds is 2. The number of halogens is 3. The Balaban J connectivity index is 1.26. The number of carbonyl (C=O) groups is 2. The molecule has 32 heavy (non-hydrogen) atoms. The average molecular weight is 441 g/mol. The van der Waals surface area contributed by atoms with Gasteiger partial charge in [-0.1, -0.05) is 0 Å². The van der Waals surface area contributed by atoms with E-state index in [1.165, 1.54) is 12.1 Å². The van der Waals surface area contributed by atoms with Gasteiger partial charge >= 0.3 is 6.18 Å². The number of benzene rings is 2. The van der Waals surface area contributed by atoms with Gasteiger partial charge < -0.3 is 14.8 Å². The summed E-state index contributed by atoms with van der Waals surface area (Å²) >= 11 is 0. The van der Waals surface area contributed by atoms with Crippen LogP contribution in [0.2, 0.25) is 0 Å². The molecule has 5 rings (SSSR count). The molecule has 3 heterocycles. The first-order valence-electron chi connectivity index (χ1n) is 10.6. The van der Waals surface area contributed by atoms with Gasteiger partial charge in [-0.3, -0.25) is 9.59 Å². The quantitative estimate of drug-likeness (QED) is 0.618. The number of alkyl halides is 3. The molecule has 2 aliphatic heterocycles. The molecule has 2 saturated heterocycles. The van der Waals surface area contributed by atoms with Crippen molar-refractivity contribution in [2.24, 2.45) is 5.41 Å². The molecular weight excluding hydrogens is 419 g/mol. The van der Waals surface area contributed by atoms with Crippen LogP contribution in [0.15, 0.2) is 54.7 Å². The summed E-state index contributed by atoms with van der Waals surface area (Å²) in [6.07, 6.45) is -0.837. The van der Waals surface area contributed by atoms with Crippen molar-refractivity contribution < 1.29 is 22.8 Å². The van der Waals surface area contributed by atoms with Crippen LogP contribution in [-0.4, -0.2) is 41.3 Å². The topological polar surface area (TPSA) is 56.4 Å². The third-order valence-electron chi connectivity index (χ3n) is 6.74. The number of amides is 2. The van der Waals surface area contributed by atoms with Crippen LogP contribution in [0.5, 0.6) is 0 Å². The number of nitrogens with one attached hydrogen (secondary N) is 1. The third kappa shape index (κ3) is 3.63. The fraction of sp³-hybridized carbons (Fsp3) is 0.333. The molecule has 1 spiro atoms. The summed E-state index contributed by atoms with van der Waals surface area (Å²) < 4.78 is 38.5. The summed E-state index contributed by atoms with van der Waals surface area (Å²) in [4.78, 5) is 32.2. The molecule has 1 aromatic heterocycles. The fourth-order valence-electron chi connectivity index (χ4n) is 4.85. The highest BCUT2D eigenvalue weighted by molar-refractivity contribution is 5.98. The van der Waals surface area contributed by atoms with Crippen LogP contribution in [0.3, 0.4) is 0 Å². The molecule has 2 aliphatic rings. The van der Waals surface area contributed by atoms with E-state index in [1.54, 1.807) is 4.90 Å². The number of anilines is 1. The lowest BCUT2D eigenvalue weighted by Gasteiger charge is -2.38. The van der Waals surface area contributed by atoms with Gasteiger partial charge in [-0.15, -0.1) is 0 Å². The van der Waals surface area contributed by atoms with E-state index in [0.29, 0.717) is 50.1 Å². The molecule has 0 aliphatic carbocycles. The number of H-pyrrole nitrogens is 1. The molecule has 0 radical (unpaired) electrons. The normalized spacial score (nSPS) is 18.7. The highest BCUT2D eigenvalue weighted by Crippen LogP contribution is 2.43. The number of likely N-dealkylation sites (tertiary alicyclic amines) is 1. The van der Waals surface area contributed by atoms with Crippen molar-refractivity contribution in [1.82, 2.24) is 9.88 Å². The van der Waals surface area contributed by atoms with Crippen LogP contribution >= 0.6 is 0 Å². The highest BCUT2D eigenvalue weighted by Gasteiger charge is 2.46. The molecule has 0 bridgehead atoms. The summed E-state index contributed by atoms with van der Waals surface area (Å²) in [6.45, 7) is 1.57. The van der Waals surface area contributed by atoms with Crippen molar-refractivity contribution in [3.63, 3.8) is 0 Å². The first kappa shape index (κ1) is 20.6. The second-order valence-corrected chi connectivity index (χ2v) is 8.77. The van der Waals surface area contributed by atoms with Crippen LogP contribution < -0.4 is 4.90 Å². The highest BCUT2D eigenvalue weighted by atomic mass is 19.4. The second-order valence-electron chi connectivity index (χ2n) is 8.77. The van der Waals surface area contributed by atoms with Gasteiger partial charge in [-0.25, -0.2) is 0 Å². The number of piperidine rings is 1. The van der Waals surface area contributed by atoms with Gasteiger partial charge in [0.1, 0.15) is 0 Å². The summed E-state index contributed by atoms with van der Waals surface area (Å²) in [7, 11) is 0. The Morgan fingerprint density at radius 1 is 1.00 bits per heavy atom. The van der Waals surface area contributed by atoms with Crippen LogP contribution in [0.4, 0.5) is 18.9 Å². The average Bonchev–Trinajstić information content (AvgIpc) is 3.37. The van der Waals surface area contributed by atoms with Crippen molar-refractivity contribution >= 4 is 28.4 Å². The van der Waals surface area contributed by atoms with Crippen molar-refractivity contribution in [2.45, 2.75) is 25.4 Å². The zero-order chi connectivity index (χ0) is 22.5. The maximum absolute atomic E-state index is 13.0. The van der Waals surface area contributed by atoms with Gasteiger partial charge in [-0.2, -0.15) is 13.2 Å². The number of aromatic amines is 1. The molecule has 1 N–H and O–H groups in total.